The van der Waals surface area contributed by atoms with Crippen LogP contribution in [0, 0.1) is 11.6 Å². The molecule has 120 valence electrons. The minimum atomic E-state index is -0.690. The Hall–Kier alpha value is -1.79. The van der Waals surface area contributed by atoms with E-state index in [2.05, 4.69) is 5.32 Å². The Bertz CT molecular complexity index is 529. The molecular formula is C16H20F2N2O2. The van der Waals surface area contributed by atoms with Crippen LogP contribution >= 0.6 is 0 Å². The van der Waals surface area contributed by atoms with Gasteiger partial charge in [0.15, 0.2) is 0 Å². The van der Waals surface area contributed by atoms with Crippen LogP contribution < -0.4 is 5.32 Å². The molecule has 0 radical (unpaired) electrons. The van der Waals surface area contributed by atoms with Crippen molar-refractivity contribution in [2.75, 3.05) is 26.2 Å². The molecule has 1 fully saturated rings. The summed E-state index contributed by atoms with van der Waals surface area (Å²) in [5, 5.41) is 12.0. The number of hydrogen-bond donors (Lipinski definition) is 2. The molecule has 1 unspecified atom stereocenters. The van der Waals surface area contributed by atoms with Gasteiger partial charge < -0.3 is 15.3 Å². The summed E-state index contributed by atoms with van der Waals surface area (Å²) in [6.45, 7) is 1.70. The van der Waals surface area contributed by atoms with Crippen LogP contribution in [0.2, 0.25) is 0 Å². The van der Waals surface area contributed by atoms with Gasteiger partial charge in [0.25, 0.3) is 0 Å². The molecule has 0 spiro atoms. The van der Waals surface area contributed by atoms with E-state index >= 15 is 0 Å². The van der Waals surface area contributed by atoms with Crippen molar-refractivity contribution in [1.29, 1.82) is 0 Å². The van der Waals surface area contributed by atoms with E-state index in [1.165, 1.54) is 18.2 Å². The summed E-state index contributed by atoms with van der Waals surface area (Å²) < 4.78 is 27.0. The SMILES string of the molecule is O=C(/C=C/c1c(F)cccc1F)N1CCCC(NCCO)C1. The van der Waals surface area contributed by atoms with Crippen LogP contribution in [0.25, 0.3) is 6.08 Å². The highest BCUT2D eigenvalue weighted by atomic mass is 19.1. The van der Waals surface area contributed by atoms with Crippen molar-refractivity contribution in [3.8, 4) is 0 Å². The van der Waals surface area contributed by atoms with E-state index in [0.29, 0.717) is 19.6 Å². The highest BCUT2D eigenvalue weighted by Crippen LogP contribution is 2.15. The summed E-state index contributed by atoms with van der Waals surface area (Å²) in [5.74, 6) is -1.64. The Labute approximate surface area is 128 Å². The predicted octanol–water partition coefficient (Wildman–Crippen LogP) is 1.55. The zero-order chi connectivity index (χ0) is 15.9. The Balaban J connectivity index is 1.98. The second kappa shape index (κ2) is 8.00. The van der Waals surface area contributed by atoms with Crippen molar-refractivity contribution in [1.82, 2.24) is 10.2 Å². The lowest BCUT2D eigenvalue weighted by Gasteiger charge is -2.32. The van der Waals surface area contributed by atoms with Gasteiger partial charge in [-0.1, -0.05) is 6.07 Å². The first kappa shape index (κ1) is 16.6. The number of aliphatic hydroxyl groups excluding tert-OH is 1. The summed E-state index contributed by atoms with van der Waals surface area (Å²) in [6, 6.07) is 3.74. The maximum atomic E-state index is 13.5. The first-order valence-electron chi connectivity index (χ1n) is 7.37. The Kier molecular flexibility index (Phi) is 6.03. The summed E-state index contributed by atoms with van der Waals surface area (Å²) in [6.07, 6.45) is 4.18. The van der Waals surface area contributed by atoms with Gasteiger partial charge in [-0.25, -0.2) is 8.78 Å². The second-order valence-corrected chi connectivity index (χ2v) is 5.27. The zero-order valence-corrected chi connectivity index (χ0v) is 12.3. The molecule has 1 atom stereocenters. The van der Waals surface area contributed by atoms with E-state index in [-0.39, 0.29) is 24.1 Å². The van der Waals surface area contributed by atoms with Crippen molar-refractivity contribution in [2.45, 2.75) is 18.9 Å². The largest absolute Gasteiger partial charge is 0.395 e. The van der Waals surface area contributed by atoms with Crippen LogP contribution in [0.4, 0.5) is 8.78 Å². The van der Waals surface area contributed by atoms with E-state index in [1.54, 1.807) is 4.90 Å². The van der Waals surface area contributed by atoms with Crippen LogP contribution in [0.1, 0.15) is 18.4 Å². The molecule has 6 heteroatoms. The van der Waals surface area contributed by atoms with Crippen LogP contribution in [0.5, 0.6) is 0 Å². The monoisotopic (exact) mass is 310 g/mol. The third-order valence-electron chi connectivity index (χ3n) is 3.67. The van der Waals surface area contributed by atoms with Gasteiger partial charge in [0.05, 0.1) is 6.61 Å². The van der Waals surface area contributed by atoms with Crippen molar-refractivity contribution in [3.63, 3.8) is 0 Å². The third kappa shape index (κ3) is 4.35. The Morgan fingerprint density at radius 1 is 1.41 bits per heavy atom. The molecule has 1 saturated heterocycles. The van der Waals surface area contributed by atoms with Gasteiger partial charge in [0.1, 0.15) is 11.6 Å². The number of nitrogens with one attached hydrogen (secondary N) is 1. The van der Waals surface area contributed by atoms with Crippen LogP contribution in [-0.2, 0) is 4.79 Å². The molecule has 2 rings (SSSR count). The average Bonchev–Trinajstić information content (AvgIpc) is 2.52. The van der Waals surface area contributed by atoms with Crippen LogP contribution in [-0.4, -0.2) is 48.2 Å². The number of halogens is 2. The molecule has 4 nitrogen and oxygen atoms in total. The van der Waals surface area contributed by atoms with E-state index in [0.717, 1.165) is 25.0 Å². The lowest BCUT2D eigenvalue weighted by Crippen LogP contribution is -2.48. The van der Waals surface area contributed by atoms with Crippen molar-refractivity contribution in [2.24, 2.45) is 0 Å². The number of aliphatic hydroxyl groups is 1. The maximum absolute atomic E-state index is 13.5. The van der Waals surface area contributed by atoms with Gasteiger partial charge in [-0.3, -0.25) is 4.79 Å². The minimum absolute atomic E-state index is 0.0525. The number of nitrogens with zero attached hydrogens (tertiary/aromatic N) is 1. The average molecular weight is 310 g/mol. The molecule has 22 heavy (non-hydrogen) atoms. The van der Waals surface area contributed by atoms with Crippen LogP contribution in [0.3, 0.4) is 0 Å². The fourth-order valence-corrected chi connectivity index (χ4v) is 2.54. The number of amides is 1. The quantitative estimate of drug-likeness (QED) is 0.812. The molecule has 0 aliphatic carbocycles. The highest BCUT2D eigenvalue weighted by Gasteiger charge is 2.21. The molecular weight excluding hydrogens is 290 g/mol. The summed E-state index contributed by atoms with van der Waals surface area (Å²) in [7, 11) is 0. The molecule has 0 saturated carbocycles. The third-order valence-corrected chi connectivity index (χ3v) is 3.67. The summed E-state index contributed by atoms with van der Waals surface area (Å²) in [5.41, 5.74) is -0.206. The van der Waals surface area contributed by atoms with Gasteiger partial charge in [-0.2, -0.15) is 0 Å². The molecule has 1 heterocycles. The van der Waals surface area contributed by atoms with E-state index < -0.39 is 11.6 Å². The van der Waals surface area contributed by atoms with Crippen LogP contribution in [0.15, 0.2) is 24.3 Å². The van der Waals surface area contributed by atoms with Crippen molar-refractivity contribution < 1.29 is 18.7 Å². The lowest BCUT2D eigenvalue weighted by molar-refractivity contribution is -0.127. The number of carbonyl (C=O) groups excluding carboxylic acids is 1. The number of benzene rings is 1. The molecule has 1 aromatic rings. The van der Waals surface area contributed by atoms with Crippen molar-refractivity contribution in [3.05, 3.63) is 41.5 Å². The number of piperidine rings is 1. The molecule has 1 amide bonds. The first-order chi connectivity index (χ1) is 10.6. The van der Waals surface area contributed by atoms with Gasteiger partial charge >= 0.3 is 0 Å². The molecule has 1 aliphatic rings. The number of likely N-dealkylation sites (tertiary alicyclic amines) is 1. The van der Waals surface area contributed by atoms with E-state index in [4.69, 9.17) is 5.11 Å². The number of carbonyl (C=O) groups is 1. The maximum Gasteiger partial charge on any atom is 0.246 e. The Morgan fingerprint density at radius 2 is 2.14 bits per heavy atom. The molecule has 1 aromatic carbocycles. The van der Waals surface area contributed by atoms with Gasteiger partial charge in [0.2, 0.25) is 5.91 Å². The predicted molar refractivity (Wildman–Crippen MR) is 80.1 cm³/mol. The topological polar surface area (TPSA) is 52.6 Å². The van der Waals surface area contributed by atoms with E-state index in [1.807, 2.05) is 0 Å². The minimum Gasteiger partial charge on any atom is -0.395 e. The highest BCUT2D eigenvalue weighted by molar-refractivity contribution is 5.91. The smallest absolute Gasteiger partial charge is 0.246 e. The number of rotatable bonds is 5. The van der Waals surface area contributed by atoms with Gasteiger partial charge in [0, 0.05) is 37.3 Å². The fraction of sp³-hybridized carbons (Fsp3) is 0.438. The molecule has 2 N–H and O–H groups in total. The first-order valence-corrected chi connectivity index (χ1v) is 7.37. The number of hydrogen-bond acceptors (Lipinski definition) is 3. The summed E-state index contributed by atoms with van der Waals surface area (Å²) >= 11 is 0. The zero-order valence-electron chi connectivity index (χ0n) is 12.3. The summed E-state index contributed by atoms with van der Waals surface area (Å²) in [4.78, 5) is 13.8. The van der Waals surface area contributed by atoms with Gasteiger partial charge in [-0.15, -0.1) is 0 Å². The Morgan fingerprint density at radius 3 is 2.82 bits per heavy atom. The normalized spacial score (nSPS) is 18.9. The van der Waals surface area contributed by atoms with E-state index in [9.17, 15) is 13.6 Å². The second-order valence-electron chi connectivity index (χ2n) is 5.27. The molecule has 0 aromatic heterocycles. The standard InChI is InChI=1S/C16H20F2N2O2/c17-14-4-1-5-15(18)13(14)6-7-16(22)20-9-2-3-12(11-20)19-8-10-21/h1,4-7,12,19,21H,2-3,8-11H2/b7-6+. The van der Waals surface area contributed by atoms with Crippen molar-refractivity contribution >= 4 is 12.0 Å². The fourth-order valence-electron chi connectivity index (χ4n) is 2.54. The van der Waals surface area contributed by atoms with Gasteiger partial charge in [-0.05, 0) is 31.1 Å². The lowest BCUT2D eigenvalue weighted by atomic mass is 10.1. The molecule has 1 aliphatic heterocycles. The molecule has 0 bridgehead atoms.